The Bertz CT molecular complexity index is 440. The number of hydrogen-bond acceptors (Lipinski definition) is 6. The van der Waals surface area contributed by atoms with Crippen LogP contribution in [0.25, 0.3) is 0 Å². The second kappa shape index (κ2) is 3.09. The van der Waals surface area contributed by atoms with Crippen molar-refractivity contribution in [1.29, 1.82) is 0 Å². The van der Waals surface area contributed by atoms with Crippen molar-refractivity contribution < 1.29 is 13.2 Å². The zero-order valence-electron chi connectivity index (χ0n) is 6.76. The van der Waals surface area contributed by atoms with Crippen molar-refractivity contribution in [3.05, 3.63) is 18.1 Å². The fraction of sp³-hybridized carbons (Fsp3) is 0.167. The molecular formula is C6H7N3O3S. The number of anilines is 1. The molecule has 0 saturated heterocycles. The van der Waals surface area contributed by atoms with Crippen LogP contribution in [-0.4, -0.2) is 29.8 Å². The molecule has 6 nitrogen and oxygen atoms in total. The van der Waals surface area contributed by atoms with Gasteiger partial charge in [-0.25, -0.2) is 13.4 Å². The number of rotatable bonds is 1. The summed E-state index contributed by atoms with van der Waals surface area (Å²) in [6, 6.07) is 0. The van der Waals surface area contributed by atoms with Gasteiger partial charge in [0.15, 0.2) is 0 Å². The predicted octanol–water partition coefficient (Wildman–Crippen LogP) is -0.756. The maximum atomic E-state index is 11.1. The first-order valence-electron chi connectivity index (χ1n) is 3.23. The third kappa shape index (κ3) is 2.22. The Morgan fingerprint density at radius 1 is 1.46 bits per heavy atom. The lowest BCUT2D eigenvalue weighted by Crippen LogP contribution is -2.15. The molecule has 0 amide bonds. The Kier molecular flexibility index (Phi) is 2.28. The van der Waals surface area contributed by atoms with Crippen molar-refractivity contribution in [3.8, 4) is 0 Å². The van der Waals surface area contributed by atoms with Gasteiger partial charge in [0.1, 0.15) is 11.5 Å². The molecule has 0 radical (unpaired) electrons. The molecule has 0 aliphatic rings. The monoisotopic (exact) mass is 201 g/mol. The van der Waals surface area contributed by atoms with Gasteiger partial charge >= 0.3 is 0 Å². The molecule has 70 valence electrons. The van der Waals surface area contributed by atoms with Crippen LogP contribution in [0.1, 0.15) is 10.5 Å². The number of nitrogen functional groups attached to an aromatic ring is 1. The first kappa shape index (κ1) is 9.59. The topological polar surface area (TPSA) is 103 Å². The summed E-state index contributed by atoms with van der Waals surface area (Å²) in [5.74, 6) is 0.00880. The Labute approximate surface area is 74.7 Å². The lowest BCUT2D eigenvalue weighted by atomic mass is 10.5. The van der Waals surface area contributed by atoms with Gasteiger partial charge in [-0.3, -0.25) is 9.78 Å². The van der Waals surface area contributed by atoms with Gasteiger partial charge in [0.2, 0.25) is 9.84 Å². The van der Waals surface area contributed by atoms with Crippen LogP contribution in [0.15, 0.2) is 12.4 Å². The fourth-order valence-corrected chi connectivity index (χ4v) is 1.15. The van der Waals surface area contributed by atoms with Crippen LogP contribution in [0.4, 0.5) is 5.82 Å². The van der Waals surface area contributed by atoms with E-state index in [1.54, 1.807) is 0 Å². The first-order valence-corrected chi connectivity index (χ1v) is 5.12. The van der Waals surface area contributed by atoms with Crippen molar-refractivity contribution in [3.63, 3.8) is 0 Å². The standard InChI is InChI=1S/C6H7N3O3S/c1-13(11,12)6(10)4-2-8-3-5(7)9-4/h2-3H,1H3,(H2,7,9). The molecular weight excluding hydrogens is 194 g/mol. The highest BCUT2D eigenvalue weighted by Crippen LogP contribution is 2.02. The van der Waals surface area contributed by atoms with Gasteiger partial charge in [0.25, 0.3) is 5.12 Å². The second-order valence-corrected chi connectivity index (χ2v) is 4.30. The zero-order chi connectivity index (χ0) is 10.1. The van der Waals surface area contributed by atoms with E-state index in [0.717, 1.165) is 12.5 Å². The van der Waals surface area contributed by atoms with Crippen molar-refractivity contribution in [2.45, 2.75) is 0 Å². The van der Waals surface area contributed by atoms with E-state index in [-0.39, 0.29) is 11.5 Å². The molecule has 1 rings (SSSR count). The summed E-state index contributed by atoms with van der Waals surface area (Å²) in [5.41, 5.74) is 4.96. The van der Waals surface area contributed by atoms with E-state index in [1.165, 1.54) is 6.20 Å². The number of hydrogen-bond donors (Lipinski definition) is 1. The molecule has 7 heteroatoms. The fourth-order valence-electron chi connectivity index (χ4n) is 0.669. The van der Waals surface area contributed by atoms with Crippen molar-refractivity contribution >= 4 is 20.8 Å². The number of nitrogens with two attached hydrogens (primary N) is 1. The number of aromatic nitrogens is 2. The van der Waals surface area contributed by atoms with E-state index < -0.39 is 15.0 Å². The number of sulfone groups is 1. The van der Waals surface area contributed by atoms with Crippen LogP contribution in [0.5, 0.6) is 0 Å². The number of nitrogens with zero attached hydrogens (tertiary/aromatic N) is 2. The predicted molar refractivity (Wildman–Crippen MR) is 45.6 cm³/mol. The third-order valence-corrected chi connectivity index (χ3v) is 2.08. The summed E-state index contributed by atoms with van der Waals surface area (Å²) < 4.78 is 21.6. The minimum absolute atomic E-state index is 0.00880. The van der Waals surface area contributed by atoms with Crippen LogP contribution in [0.2, 0.25) is 0 Å². The van der Waals surface area contributed by atoms with E-state index in [2.05, 4.69) is 9.97 Å². The first-order chi connectivity index (χ1) is 5.91. The molecule has 0 aliphatic carbocycles. The van der Waals surface area contributed by atoms with Gasteiger partial charge in [-0.2, -0.15) is 0 Å². The zero-order valence-corrected chi connectivity index (χ0v) is 7.58. The van der Waals surface area contributed by atoms with E-state index in [4.69, 9.17) is 5.73 Å². The summed E-state index contributed by atoms with van der Waals surface area (Å²) in [6.07, 6.45) is 3.08. The number of carbonyl (C=O) groups excluding carboxylic acids is 1. The minimum Gasteiger partial charge on any atom is -0.382 e. The molecule has 2 N–H and O–H groups in total. The second-order valence-electron chi connectivity index (χ2n) is 2.39. The summed E-state index contributed by atoms with van der Waals surface area (Å²) >= 11 is 0. The smallest absolute Gasteiger partial charge is 0.296 e. The minimum atomic E-state index is -3.77. The van der Waals surface area contributed by atoms with Gasteiger partial charge in [0, 0.05) is 6.26 Å². The molecule has 0 aliphatic heterocycles. The molecule has 0 saturated carbocycles. The largest absolute Gasteiger partial charge is 0.382 e. The molecule has 0 unspecified atom stereocenters. The van der Waals surface area contributed by atoms with Crippen LogP contribution < -0.4 is 5.73 Å². The quantitative estimate of drug-likeness (QED) is 0.640. The maximum Gasteiger partial charge on any atom is 0.296 e. The van der Waals surface area contributed by atoms with Gasteiger partial charge in [0.05, 0.1) is 12.4 Å². The lowest BCUT2D eigenvalue weighted by Gasteiger charge is -1.96. The van der Waals surface area contributed by atoms with Crippen molar-refractivity contribution in [2.75, 3.05) is 12.0 Å². The molecule has 0 atom stereocenters. The summed E-state index contributed by atoms with van der Waals surface area (Å²) in [6.45, 7) is 0. The summed E-state index contributed by atoms with van der Waals surface area (Å²) in [7, 11) is -3.77. The highest BCUT2D eigenvalue weighted by molar-refractivity contribution is 8.06. The summed E-state index contributed by atoms with van der Waals surface area (Å²) in [5, 5.41) is -1.08. The van der Waals surface area contributed by atoms with E-state index in [0.29, 0.717) is 0 Å². The Balaban J connectivity index is 3.18. The molecule has 13 heavy (non-hydrogen) atoms. The van der Waals surface area contributed by atoms with Crippen LogP contribution in [0.3, 0.4) is 0 Å². The highest BCUT2D eigenvalue weighted by Gasteiger charge is 2.19. The average molecular weight is 201 g/mol. The van der Waals surface area contributed by atoms with E-state index in [1.807, 2.05) is 0 Å². The normalized spacial score (nSPS) is 11.2. The van der Waals surface area contributed by atoms with Gasteiger partial charge in [-0.15, -0.1) is 0 Å². The Hall–Kier alpha value is -1.50. The molecule has 1 heterocycles. The van der Waals surface area contributed by atoms with Gasteiger partial charge in [-0.1, -0.05) is 0 Å². The molecule has 1 aromatic heterocycles. The molecule has 0 spiro atoms. The molecule has 0 aromatic carbocycles. The maximum absolute atomic E-state index is 11.1. The van der Waals surface area contributed by atoms with Crippen molar-refractivity contribution in [1.82, 2.24) is 9.97 Å². The van der Waals surface area contributed by atoms with Gasteiger partial charge < -0.3 is 5.73 Å². The van der Waals surface area contributed by atoms with Crippen LogP contribution in [0, 0.1) is 0 Å². The molecule has 0 fully saturated rings. The third-order valence-electron chi connectivity index (χ3n) is 1.20. The molecule has 1 aromatic rings. The van der Waals surface area contributed by atoms with Gasteiger partial charge in [-0.05, 0) is 0 Å². The average Bonchev–Trinajstić information content (AvgIpc) is 2.01. The SMILES string of the molecule is CS(=O)(=O)C(=O)c1cncc(N)n1. The van der Waals surface area contributed by atoms with Crippen LogP contribution >= 0.6 is 0 Å². The number of carbonyl (C=O) groups is 1. The molecule has 0 bridgehead atoms. The Morgan fingerprint density at radius 2 is 2.08 bits per heavy atom. The summed E-state index contributed by atoms with van der Waals surface area (Å²) in [4.78, 5) is 18.1. The van der Waals surface area contributed by atoms with E-state index in [9.17, 15) is 13.2 Å². The lowest BCUT2D eigenvalue weighted by molar-refractivity contribution is 0.107. The van der Waals surface area contributed by atoms with E-state index >= 15 is 0 Å². The highest BCUT2D eigenvalue weighted by atomic mass is 32.2. The van der Waals surface area contributed by atoms with Crippen molar-refractivity contribution in [2.24, 2.45) is 0 Å². The van der Waals surface area contributed by atoms with Crippen LogP contribution in [-0.2, 0) is 9.84 Å². The Morgan fingerprint density at radius 3 is 2.54 bits per heavy atom.